The summed E-state index contributed by atoms with van der Waals surface area (Å²) in [7, 11) is -3.65. The Morgan fingerprint density at radius 1 is 1.25 bits per heavy atom. The van der Waals surface area contributed by atoms with Gasteiger partial charge in [-0.1, -0.05) is 19.8 Å². The zero-order chi connectivity index (χ0) is 20.7. The quantitative estimate of drug-likeness (QED) is 0.468. The van der Waals surface area contributed by atoms with Crippen molar-refractivity contribution in [2.75, 3.05) is 16.3 Å². The molecule has 1 aromatic carbocycles. The van der Waals surface area contributed by atoms with Crippen molar-refractivity contribution in [1.82, 2.24) is 0 Å². The van der Waals surface area contributed by atoms with Crippen LogP contribution in [0.25, 0.3) is 0 Å². The number of ether oxygens (including phenoxy) is 1. The molecule has 0 unspecified atom stereocenters. The fourth-order valence-electron chi connectivity index (χ4n) is 3.11. The van der Waals surface area contributed by atoms with Crippen LogP contribution >= 0.6 is 0 Å². The second kappa shape index (κ2) is 9.72. The summed E-state index contributed by atoms with van der Waals surface area (Å²) in [5, 5.41) is 14.0. The number of nitro benzene ring substituents is 1. The van der Waals surface area contributed by atoms with Gasteiger partial charge in [-0.05, 0) is 38.2 Å². The SMILES string of the molecule is CCCCC(=O)Nc1cc(NS(C)(=O)=O)c(OC2CCCCC2)cc1[N+](=O)[O-]. The molecule has 9 nitrogen and oxygen atoms in total. The standard InChI is InChI=1S/C18H27N3O6S/c1-3-4-10-18(22)19-14-11-15(20-28(2,25)26)17(12-16(14)21(23)24)27-13-8-6-5-7-9-13/h11-13,20H,3-10H2,1-2H3,(H,19,22). The second-order valence-electron chi connectivity index (χ2n) is 7.03. The van der Waals surface area contributed by atoms with Crippen molar-refractivity contribution < 1.29 is 22.9 Å². The summed E-state index contributed by atoms with van der Waals surface area (Å²) in [5.41, 5.74) is -0.326. The first-order valence-electron chi connectivity index (χ1n) is 9.46. The van der Waals surface area contributed by atoms with E-state index in [-0.39, 0.29) is 41.2 Å². The predicted molar refractivity (Wildman–Crippen MR) is 107 cm³/mol. The lowest BCUT2D eigenvalue weighted by atomic mass is 9.98. The summed E-state index contributed by atoms with van der Waals surface area (Å²) in [5.74, 6) is -0.271. The van der Waals surface area contributed by atoms with E-state index in [1.807, 2.05) is 6.92 Å². The van der Waals surface area contributed by atoms with E-state index in [0.29, 0.717) is 6.42 Å². The summed E-state index contributed by atoms with van der Waals surface area (Å²) in [6.45, 7) is 1.93. The number of hydrogen-bond donors (Lipinski definition) is 2. The molecule has 0 heterocycles. The molecule has 2 N–H and O–H groups in total. The number of carbonyl (C=O) groups excluding carboxylic acids is 1. The molecular formula is C18H27N3O6S. The van der Waals surface area contributed by atoms with E-state index in [4.69, 9.17) is 4.74 Å². The number of hydrogen-bond acceptors (Lipinski definition) is 6. The average Bonchev–Trinajstić information content (AvgIpc) is 2.61. The maximum atomic E-state index is 12.0. The maximum absolute atomic E-state index is 12.0. The Balaban J connectivity index is 2.40. The van der Waals surface area contributed by atoms with Crippen LogP contribution in [0.5, 0.6) is 5.75 Å². The van der Waals surface area contributed by atoms with Gasteiger partial charge in [0.05, 0.1) is 29.0 Å². The number of sulfonamides is 1. The predicted octanol–water partition coefficient (Wildman–Crippen LogP) is 3.81. The Hall–Kier alpha value is -2.36. The zero-order valence-electron chi connectivity index (χ0n) is 16.2. The first kappa shape index (κ1) is 21.9. The zero-order valence-corrected chi connectivity index (χ0v) is 17.0. The highest BCUT2D eigenvalue weighted by Gasteiger charge is 2.24. The number of nitro groups is 1. The molecule has 1 amide bonds. The Morgan fingerprint density at radius 3 is 2.50 bits per heavy atom. The topological polar surface area (TPSA) is 128 Å². The Bertz CT molecular complexity index is 819. The number of amides is 1. The van der Waals surface area contributed by atoms with Crippen LogP contribution in [0.2, 0.25) is 0 Å². The van der Waals surface area contributed by atoms with E-state index in [0.717, 1.165) is 44.8 Å². The van der Waals surface area contributed by atoms with Crippen LogP contribution in [0.3, 0.4) is 0 Å². The van der Waals surface area contributed by atoms with E-state index in [9.17, 15) is 23.3 Å². The summed E-state index contributed by atoms with van der Waals surface area (Å²) in [6.07, 6.45) is 7.25. The molecule has 1 aromatic rings. The van der Waals surface area contributed by atoms with E-state index in [2.05, 4.69) is 10.0 Å². The molecule has 0 atom stereocenters. The maximum Gasteiger partial charge on any atom is 0.296 e. The Morgan fingerprint density at radius 2 is 1.93 bits per heavy atom. The molecule has 0 aliphatic heterocycles. The van der Waals surface area contributed by atoms with Crippen molar-refractivity contribution >= 4 is 33.0 Å². The van der Waals surface area contributed by atoms with Gasteiger partial charge in [-0.3, -0.25) is 19.6 Å². The molecule has 0 saturated heterocycles. The largest absolute Gasteiger partial charge is 0.488 e. The van der Waals surface area contributed by atoms with Crippen molar-refractivity contribution in [2.45, 2.75) is 64.4 Å². The summed E-state index contributed by atoms with van der Waals surface area (Å²) in [4.78, 5) is 22.9. The molecule has 0 spiro atoms. The van der Waals surface area contributed by atoms with Crippen LogP contribution in [-0.4, -0.2) is 31.6 Å². The number of unbranched alkanes of at least 4 members (excludes halogenated alkanes) is 1. The van der Waals surface area contributed by atoms with Gasteiger partial charge in [0.1, 0.15) is 5.69 Å². The summed E-state index contributed by atoms with van der Waals surface area (Å²) >= 11 is 0. The minimum absolute atomic E-state index is 0.0618. The second-order valence-corrected chi connectivity index (χ2v) is 8.77. The minimum Gasteiger partial charge on any atom is -0.488 e. The van der Waals surface area contributed by atoms with Crippen molar-refractivity contribution in [2.24, 2.45) is 0 Å². The molecule has 28 heavy (non-hydrogen) atoms. The number of rotatable bonds is 9. The molecule has 156 valence electrons. The lowest BCUT2D eigenvalue weighted by Gasteiger charge is -2.24. The lowest BCUT2D eigenvalue weighted by Crippen LogP contribution is -2.21. The molecule has 1 fully saturated rings. The Labute approximate surface area is 165 Å². The normalized spacial score (nSPS) is 15.1. The van der Waals surface area contributed by atoms with Crippen molar-refractivity contribution in [1.29, 1.82) is 0 Å². The molecule has 1 aliphatic carbocycles. The molecule has 0 radical (unpaired) electrons. The number of carbonyl (C=O) groups is 1. The van der Waals surface area contributed by atoms with E-state index in [1.54, 1.807) is 0 Å². The van der Waals surface area contributed by atoms with Gasteiger partial charge < -0.3 is 10.1 Å². The fourth-order valence-corrected chi connectivity index (χ4v) is 3.67. The van der Waals surface area contributed by atoms with Gasteiger partial charge in [0.15, 0.2) is 5.75 Å². The van der Waals surface area contributed by atoms with E-state index in [1.165, 1.54) is 12.1 Å². The van der Waals surface area contributed by atoms with Gasteiger partial charge in [0.25, 0.3) is 5.69 Å². The number of anilines is 2. The minimum atomic E-state index is -3.65. The van der Waals surface area contributed by atoms with Crippen molar-refractivity contribution in [3.63, 3.8) is 0 Å². The Kier molecular flexibility index (Phi) is 7.61. The highest BCUT2D eigenvalue weighted by atomic mass is 32.2. The van der Waals surface area contributed by atoms with Gasteiger partial charge in [-0.15, -0.1) is 0 Å². The van der Waals surface area contributed by atoms with Crippen LogP contribution in [-0.2, 0) is 14.8 Å². The van der Waals surface area contributed by atoms with Gasteiger partial charge in [-0.25, -0.2) is 8.42 Å². The van der Waals surface area contributed by atoms with Gasteiger partial charge in [0.2, 0.25) is 15.9 Å². The average molecular weight is 413 g/mol. The molecule has 0 aromatic heterocycles. The number of benzene rings is 1. The molecule has 0 bridgehead atoms. The van der Waals surface area contributed by atoms with Crippen LogP contribution in [0.1, 0.15) is 58.3 Å². The smallest absolute Gasteiger partial charge is 0.296 e. The molecular weight excluding hydrogens is 386 g/mol. The fraction of sp³-hybridized carbons (Fsp3) is 0.611. The summed E-state index contributed by atoms with van der Waals surface area (Å²) in [6, 6.07) is 2.43. The van der Waals surface area contributed by atoms with E-state index < -0.39 is 14.9 Å². The van der Waals surface area contributed by atoms with Gasteiger partial charge in [0, 0.05) is 6.42 Å². The highest BCUT2D eigenvalue weighted by molar-refractivity contribution is 7.92. The van der Waals surface area contributed by atoms with Crippen molar-refractivity contribution in [3.8, 4) is 5.75 Å². The third-order valence-corrected chi connectivity index (χ3v) is 5.06. The van der Waals surface area contributed by atoms with Crippen LogP contribution in [0.15, 0.2) is 12.1 Å². The highest BCUT2D eigenvalue weighted by Crippen LogP contribution is 2.38. The molecule has 2 rings (SSSR count). The lowest BCUT2D eigenvalue weighted by molar-refractivity contribution is -0.384. The van der Waals surface area contributed by atoms with Crippen LogP contribution in [0, 0.1) is 10.1 Å². The first-order valence-corrected chi connectivity index (χ1v) is 11.4. The number of nitrogens with zero attached hydrogens (tertiary/aromatic N) is 1. The van der Waals surface area contributed by atoms with Crippen LogP contribution in [0.4, 0.5) is 17.1 Å². The van der Waals surface area contributed by atoms with Crippen LogP contribution < -0.4 is 14.8 Å². The third kappa shape index (κ3) is 6.66. The van der Waals surface area contributed by atoms with Gasteiger partial charge >= 0.3 is 0 Å². The monoisotopic (exact) mass is 413 g/mol. The first-order chi connectivity index (χ1) is 13.2. The molecule has 10 heteroatoms. The van der Waals surface area contributed by atoms with Gasteiger partial charge in [-0.2, -0.15) is 0 Å². The third-order valence-electron chi connectivity index (χ3n) is 4.47. The van der Waals surface area contributed by atoms with E-state index >= 15 is 0 Å². The molecule has 1 saturated carbocycles. The number of nitrogens with one attached hydrogen (secondary N) is 2. The summed E-state index contributed by atoms with van der Waals surface area (Å²) < 4.78 is 31.7. The molecule has 1 aliphatic rings. The van der Waals surface area contributed by atoms with Crippen molar-refractivity contribution in [3.05, 3.63) is 22.2 Å².